The molecule has 0 unspecified atom stereocenters. The van der Waals surface area contributed by atoms with Crippen LogP contribution in [-0.2, 0) is 11.3 Å². The SMILES string of the molecule is CCN(CC(=O)N(C)C)Cc1cccnc1C(N)=S. The van der Waals surface area contributed by atoms with Gasteiger partial charge in [-0.25, -0.2) is 0 Å². The summed E-state index contributed by atoms with van der Waals surface area (Å²) >= 11 is 4.99. The van der Waals surface area contributed by atoms with Gasteiger partial charge in [-0.3, -0.25) is 14.7 Å². The van der Waals surface area contributed by atoms with Crippen molar-refractivity contribution in [1.29, 1.82) is 0 Å². The Hall–Kier alpha value is -1.53. The highest BCUT2D eigenvalue weighted by Gasteiger charge is 2.14. The predicted octanol–water partition coefficient (Wildman–Crippen LogP) is 0.626. The van der Waals surface area contributed by atoms with Crippen molar-refractivity contribution in [3.05, 3.63) is 29.6 Å². The summed E-state index contributed by atoms with van der Waals surface area (Å²) in [5.41, 5.74) is 7.24. The summed E-state index contributed by atoms with van der Waals surface area (Å²) in [6, 6.07) is 3.78. The van der Waals surface area contributed by atoms with E-state index in [1.54, 1.807) is 25.2 Å². The number of thiocarbonyl (C=S) groups is 1. The molecule has 5 nitrogen and oxygen atoms in total. The molecule has 0 spiro atoms. The average molecular weight is 280 g/mol. The maximum Gasteiger partial charge on any atom is 0.236 e. The molecular weight excluding hydrogens is 260 g/mol. The van der Waals surface area contributed by atoms with Gasteiger partial charge in [0.25, 0.3) is 0 Å². The fraction of sp³-hybridized carbons (Fsp3) is 0.462. The van der Waals surface area contributed by atoms with E-state index in [4.69, 9.17) is 18.0 Å². The molecule has 0 fully saturated rings. The second-order valence-electron chi connectivity index (χ2n) is 4.47. The molecule has 1 amide bonds. The van der Waals surface area contributed by atoms with Crippen LogP contribution in [0.1, 0.15) is 18.2 Å². The summed E-state index contributed by atoms with van der Waals surface area (Å²) in [7, 11) is 3.50. The lowest BCUT2D eigenvalue weighted by Gasteiger charge is -2.22. The zero-order valence-electron chi connectivity index (χ0n) is 11.6. The summed E-state index contributed by atoms with van der Waals surface area (Å²) < 4.78 is 0. The Bertz CT molecular complexity index is 462. The van der Waals surface area contributed by atoms with E-state index in [9.17, 15) is 4.79 Å². The van der Waals surface area contributed by atoms with Gasteiger partial charge in [-0.15, -0.1) is 0 Å². The molecule has 1 aromatic heterocycles. The highest BCUT2D eigenvalue weighted by Crippen LogP contribution is 2.09. The number of hydrogen-bond acceptors (Lipinski definition) is 4. The van der Waals surface area contributed by atoms with Crippen LogP contribution < -0.4 is 5.73 Å². The Kier molecular flexibility index (Phi) is 5.85. The predicted molar refractivity (Wildman–Crippen MR) is 79.8 cm³/mol. The molecule has 19 heavy (non-hydrogen) atoms. The summed E-state index contributed by atoms with van der Waals surface area (Å²) in [5.74, 6) is 0.0719. The van der Waals surface area contributed by atoms with Gasteiger partial charge in [-0.05, 0) is 18.2 Å². The van der Waals surface area contributed by atoms with E-state index >= 15 is 0 Å². The van der Waals surface area contributed by atoms with Crippen LogP contribution in [-0.4, -0.2) is 52.9 Å². The molecule has 0 aromatic carbocycles. The molecule has 6 heteroatoms. The van der Waals surface area contributed by atoms with Gasteiger partial charge < -0.3 is 10.6 Å². The topological polar surface area (TPSA) is 62.5 Å². The van der Waals surface area contributed by atoms with Gasteiger partial charge in [-0.1, -0.05) is 25.2 Å². The highest BCUT2D eigenvalue weighted by molar-refractivity contribution is 7.80. The fourth-order valence-electron chi connectivity index (χ4n) is 1.64. The minimum absolute atomic E-state index is 0.0719. The second-order valence-corrected chi connectivity index (χ2v) is 4.91. The first-order valence-electron chi connectivity index (χ1n) is 6.12. The molecule has 0 aliphatic rings. The number of hydrogen-bond donors (Lipinski definition) is 1. The van der Waals surface area contributed by atoms with E-state index in [0.717, 1.165) is 12.1 Å². The molecule has 0 radical (unpaired) electrons. The molecule has 0 aliphatic heterocycles. The third kappa shape index (κ3) is 4.57. The first-order valence-corrected chi connectivity index (χ1v) is 6.52. The van der Waals surface area contributed by atoms with Crippen LogP contribution in [0.25, 0.3) is 0 Å². The van der Waals surface area contributed by atoms with Crippen LogP contribution in [0.2, 0.25) is 0 Å². The van der Waals surface area contributed by atoms with Gasteiger partial charge in [0, 0.05) is 26.8 Å². The molecule has 1 heterocycles. The number of rotatable bonds is 6. The van der Waals surface area contributed by atoms with Crippen molar-refractivity contribution < 1.29 is 4.79 Å². The number of carbonyl (C=O) groups excluding carboxylic acids is 1. The second kappa shape index (κ2) is 7.16. The first kappa shape index (κ1) is 15.5. The molecule has 0 aliphatic carbocycles. The fourth-order valence-corrected chi connectivity index (χ4v) is 1.82. The van der Waals surface area contributed by atoms with Crippen molar-refractivity contribution in [2.75, 3.05) is 27.2 Å². The maximum absolute atomic E-state index is 11.7. The lowest BCUT2D eigenvalue weighted by molar-refractivity contribution is -0.130. The van der Waals surface area contributed by atoms with Crippen LogP contribution in [0, 0.1) is 0 Å². The van der Waals surface area contributed by atoms with Crippen molar-refractivity contribution in [2.45, 2.75) is 13.5 Å². The van der Waals surface area contributed by atoms with Gasteiger partial charge in [0.2, 0.25) is 5.91 Å². The van der Waals surface area contributed by atoms with E-state index in [1.165, 1.54) is 0 Å². The molecule has 0 saturated heterocycles. The van der Waals surface area contributed by atoms with Crippen LogP contribution in [0.15, 0.2) is 18.3 Å². The maximum atomic E-state index is 11.7. The van der Waals surface area contributed by atoms with Crippen LogP contribution >= 0.6 is 12.2 Å². The van der Waals surface area contributed by atoms with E-state index in [-0.39, 0.29) is 10.9 Å². The van der Waals surface area contributed by atoms with Gasteiger partial charge in [-0.2, -0.15) is 0 Å². The van der Waals surface area contributed by atoms with Crippen LogP contribution in [0.3, 0.4) is 0 Å². The highest BCUT2D eigenvalue weighted by atomic mass is 32.1. The molecule has 0 saturated carbocycles. The minimum Gasteiger partial charge on any atom is -0.388 e. The standard InChI is InChI=1S/C13H20N4OS/c1-4-17(9-11(18)16(2)3)8-10-6-5-7-15-12(10)13(14)19/h5-7H,4,8-9H2,1-3H3,(H2,14,19). The quantitative estimate of drug-likeness (QED) is 0.774. The number of likely N-dealkylation sites (N-methyl/N-ethyl adjacent to an activating group) is 2. The van der Waals surface area contributed by atoms with Gasteiger partial charge >= 0.3 is 0 Å². The Morgan fingerprint density at radius 1 is 1.47 bits per heavy atom. The number of nitrogens with zero attached hydrogens (tertiary/aromatic N) is 3. The zero-order chi connectivity index (χ0) is 14.4. The smallest absolute Gasteiger partial charge is 0.236 e. The van der Waals surface area contributed by atoms with E-state index in [2.05, 4.69) is 4.98 Å². The first-order chi connectivity index (χ1) is 8.95. The average Bonchev–Trinajstić information content (AvgIpc) is 2.37. The number of nitrogens with two attached hydrogens (primary N) is 1. The Morgan fingerprint density at radius 2 is 2.16 bits per heavy atom. The van der Waals surface area contributed by atoms with Crippen LogP contribution in [0.4, 0.5) is 0 Å². The third-order valence-corrected chi connectivity index (χ3v) is 3.02. The molecule has 2 N–H and O–H groups in total. The summed E-state index contributed by atoms with van der Waals surface area (Å²) in [6.07, 6.45) is 1.67. The van der Waals surface area contributed by atoms with E-state index in [1.807, 2.05) is 24.0 Å². The van der Waals surface area contributed by atoms with Crippen molar-refractivity contribution in [3.8, 4) is 0 Å². The summed E-state index contributed by atoms with van der Waals surface area (Å²) in [4.78, 5) is 19.8. The largest absolute Gasteiger partial charge is 0.388 e. The van der Waals surface area contributed by atoms with Crippen LogP contribution in [0.5, 0.6) is 0 Å². The van der Waals surface area contributed by atoms with Crippen molar-refractivity contribution in [1.82, 2.24) is 14.8 Å². The zero-order valence-corrected chi connectivity index (χ0v) is 12.4. The van der Waals surface area contributed by atoms with E-state index < -0.39 is 0 Å². The number of aromatic nitrogens is 1. The number of carbonyl (C=O) groups is 1. The molecule has 104 valence electrons. The number of pyridine rings is 1. The third-order valence-electron chi connectivity index (χ3n) is 2.82. The van der Waals surface area contributed by atoms with Gasteiger partial charge in [0.1, 0.15) is 10.7 Å². The molecule has 0 atom stereocenters. The van der Waals surface area contributed by atoms with Gasteiger partial charge in [0.15, 0.2) is 0 Å². The Balaban J connectivity index is 2.81. The summed E-state index contributed by atoms with van der Waals surface area (Å²) in [6.45, 7) is 3.76. The molecule has 1 aromatic rings. The Labute approximate surface area is 119 Å². The van der Waals surface area contributed by atoms with Crippen molar-refractivity contribution >= 4 is 23.1 Å². The lowest BCUT2D eigenvalue weighted by atomic mass is 10.1. The molecule has 1 rings (SSSR count). The summed E-state index contributed by atoms with van der Waals surface area (Å²) in [5, 5.41) is 0. The van der Waals surface area contributed by atoms with Crippen molar-refractivity contribution in [2.24, 2.45) is 5.73 Å². The van der Waals surface area contributed by atoms with Gasteiger partial charge in [0.05, 0.1) is 6.54 Å². The lowest BCUT2D eigenvalue weighted by Crippen LogP contribution is -2.36. The minimum atomic E-state index is 0.0719. The molecule has 0 bridgehead atoms. The Morgan fingerprint density at radius 3 is 2.68 bits per heavy atom. The monoisotopic (exact) mass is 280 g/mol. The van der Waals surface area contributed by atoms with Crippen molar-refractivity contribution in [3.63, 3.8) is 0 Å². The normalized spacial score (nSPS) is 10.5. The number of amides is 1. The van der Waals surface area contributed by atoms with E-state index in [0.29, 0.717) is 18.8 Å². The molecular formula is C13H20N4OS.